The zero-order valence-electron chi connectivity index (χ0n) is 11.1. The summed E-state index contributed by atoms with van der Waals surface area (Å²) in [5.74, 6) is -0.255. The molecule has 0 spiro atoms. The quantitative estimate of drug-likeness (QED) is 0.793. The fourth-order valence-electron chi connectivity index (χ4n) is 2.59. The van der Waals surface area contributed by atoms with Gasteiger partial charge in [-0.2, -0.15) is 0 Å². The number of ether oxygens (including phenoxy) is 1. The number of carbonyl (C=O) groups is 1. The molecule has 0 amide bonds. The van der Waals surface area contributed by atoms with E-state index in [0.717, 1.165) is 11.3 Å². The first-order valence-corrected chi connectivity index (χ1v) is 6.59. The van der Waals surface area contributed by atoms with Gasteiger partial charge in [-0.25, -0.2) is 4.39 Å². The third kappa shape index (κ3) is 2.20. The van der Waals surface area contributed by atoms with Crippen LogP contribution in [0.5, 0.6) is 5.75 Å². The minimum Gasteiger partial charge on any atom is -0.497 e. The fraction of sp³-hybridized carbons (Fsp3) is 0.235. The van der Waals surface area contributed by atoms with Crippen molar-refractivity contribution in [2.24, 2.45) is 5.92 Å². The summed E-state index contributed by atoms with van der Waals surface area (Å²) in [6.07, 6.45) is -1.09. The molecule has 1 unspecified atom stereocenters. The Kier molecular flexibility index (Phi) is 3.26. The number of benzene rings is 2. The van der Waals surface area contributed by atoms with Gasteiger partial charge in [0.15, 0.2) is 5.78 Å². The van der Waals surface area contributed by atoms with Crippen LogP contribution in [0.15, 0.2) is 54.6 Å². The van der Waals surface area contributed by atoms with E-state index in [1.54, 1.807) is 43.5 Å². The molecule has 3 heteroatoms. The molecule has 20 heavy (non-hydrogen) atoms. The largest absolute Gasteiger partial charge is 0.497 e. The molecule has 2 aromatic carbocycles. The number of Topliss-reactive ketones (excluding diaryl/α,β-unsaturated/α-hetero) is 1. The number of carbonyl (C=O) groups excluding carboxylic acids is 1. The zero-order chi connectivity index (χ0) is 14.1. The van der Waals surface area contributed by atoms with Crippen LogP contribution in [-0.4, -0.2) is 19.1 Å². The number of methoxy groups -OCH3 is 1. The molecule has 0 N–H and O–H groups in total. The third-order valence-corrected chi connectivity index (χ3v) is 3.79. The topological polar surface area (TPSA) is 26.3 Å². The highest BCUT2D eigenvalue weighted by Crippen LogP contribution is 2.52. The molecule has 1 saturated carbocycles. The van der Waals surface area contributed by atoms with E-state index in [1.807, 2.05) is 18.2 Å². The van der Waals surface area contributed by atoms with Crippen molar-refractivity contribution < 1.29 is 13.9 Å². The second-order valence-electron chi connectivity index (χ2n) is 5.00. The van der Waals surface area contributed by atoms with Crippen LogP contribution >= 0.6 is 0 Å². The first-order valence-electron chi connectivity index (χ1n) is 6.59. The van der Waals surface area contributed by atoms with E-state index in [-0.39, 0.29) is 11.7 Å². The molecular formula is C17H15FO2. The summed E-state index contributed by atoms with van der Waals surface area (Å²) in [7, 11) is 1.59. The van der Waals surface area contributed by atoms with Gasteiger partial charge in [-0.05, 0) is 17.7 Å². The Hall–Kier alpha value is -2.16. The maximum atomic E-state index is 14.0. The molecule has 102 valence electrons. The van der Waals surface area contributed by atoms with Crippen LogP contribution in [0.4, 0.5) is 4.39 Å². The van der Waals surface area contributed by atoms with Crippen molar-refractivity contribution in [2.75, 3.05) is 7.11 Å². The molecule has 2 aromatic rings. The molecule has 0 aromatic heterocycles. The highest BCUT2D eigenvalue weighted by Gasteiger charge is 2.56. The van der Waals surface area contributed by atoms with Gasteiger partial charge >= 0.3 is 0 Å². The molecule has 1 fully saturated rings. The van der Waals surface area contributed by atoms with Gasteiger partial charge in [0.05, 0.1) is 13.0 Å². The standard InChI is InChI=1S/C17H15FO2/c1-20-13-9-7-11(8-10-13)14-15(16(14)18)17(19)12-5-3-2-4-6-12/h2-10,14-16H,1H3/t14?,15-,16+/m1/s1. The molecule has 0 aliphatic heterocycles. The maximum absolute atomic E-state index is 14.0. The molecule has 1 aliphatic rings. The van der Waals surface area contributed by atoms with E-state index < -0.39 is 12.1 Å². The number of rotatable bonds is 4. The van der Waals surface area contributed by atoms with Crippen molar-refractivity contribution in [1.29, 1.82) is 0 Å². The van der Waals surface area contributed by atoms with Crippen molar-refractivity contribution in [3.8, 4) is 5.75 Å². The van der Waals surface area contributed by atoms with Crippen LogP contribution in [0.2, 0.25) is 0 Å². The normalized spacial score (nSPS) is 24.2. The molecule has 0 radical (unpaired) electrons. The van der Waals surface area contributed by atoms with Gasteiger partial charge in [0.25, 0.3) is 0 Å². The van der Waals surface area contributed by atoms with Crippen molar-refractivity contribution >= 4 is 5.78 Å². The predicted octanol–water partition coefficient (Wildman–Crippen LogP) is 3.63. The number of alkyl halides is 1. The van der Waals surface area contributed by atoms with Crippen LogP contribution in [-0.2, 0) is 0 Å². The fourth-order valence-corrected chi connectivity index (χ4v) is 2.59. The van der Waals surface area contributed by atoms with E-state index in [2.05, 4.69) is 0 Å². The minimum absolute atomic E-state index is 0.112. The van der Waals surface area contributed by atoms with Crippen LogP contribution in [0, 0.1) is 5.92 Å². The highest BCUT2D eigenvalue weighted by molar-refractivity contribution is 6.01. The summed E-state index contributed by atoms with van der Waals surface area (Å²) in [6, 6.07) is 16.2. The molecule has 2 nitrogen and oxygen atoms in total. The Labute approximate surface area is 117 Å². The van der Waals surface area contributed by atoms with Crippen LogP contribution in [0.3, 0.4) is 0 Å². The van der Waals surface area contributed by atoms with Crippen molar-refractivity contribution in [3.05, 3.63) is 65.7 Å². The Morgan fingerprint density at radius 3 is 2.30 bits per heavy atom. The molecule has 3 rings (SSSR count). The van der Waals surface area contributed by atoms with Crippen LogP contribution in [0.1, 0.15) is 21.8 Å². The predicted molar refractivity (Wildman–Crippen MR) is 74.9 cm³/mol. The molecule has 0 bridgehead atoms. The van der Waals surface area contributed by atoms with Crippen LogP contribution < -0.4 is 4.74 Å². The smallest absolute Gasteiger partial charge is 0.169 e. The van der Waals surface area contributed by atoms with Crippen LogP contribution in [0.25, 0.3) is 0 Å². The second kappa shape index (κ2) is 5.08. The number of halogens is 1. The van der Waals surface area contributed by atoms with Gasteiger partial charge in [-0.15, -0.1) is 0 Å². The van der Waals surface area contributed by atoms with Gasteiger partial charge in [0.1, 0.15) is 11.9 Å². The molecule has 1 aliphatic carbocycles. The lowest BCUT2D eigenvalue weighted by Crippen LogP contribution is -2.04. The Morgan fingerprint density at radius 1 is 1.05 bits per heavy atom. The Bertz CT molecular complexity index is 607. The van der Waals surface area contributed by atoms with Gasteiger partial charge < -0.3 is 4.74 Å². The summed E-state index contributed by atoms with van der Waals surface area (Å²) >= 11 is 0. The summed E-state index contributed by atoms with van der Waals surface area (Å²) in [5, 5.41) is 0. The van der Waals surface area contributed by atoms with E-state index in [9.17, 15) is 9.18 Å². The van der Waals surface area contributed by atoms with E-state index in [0.29, 0.717) is 5.56 Å². The van der Waals surface area contributed by atoms with Crippen molar-refractivity contribution in [1.82, 2.24) is 0 Å². The average Bonchev–Trinajstić information content (AvgIpc) is 3.18. The number of hydrogen-bond acceptors (Lipinski definition) is 2. The lowest BCUT2D eigenvalue weighted by Gasteiger charge is -2.02. The summed E-state index contributed by atoms with van der Waals surface area (Å²) in [4.78, 5) is 12.3. The lowest BCUT2D eigenvalue weighted by molar-refractivity contribution is 0.0956. The second-order valence-corrected chi connectivity index (χ2v) is 5.00. The van der Waals surface area contributed by atoms with E-state index in [1.165, 1.54) is 0 Å². The average molecular weight is 270 g/mol. The monoisotopic (exact) mass is 270 g/mol. The van der Waals surface area contributed by atoms with Crippen molar-refractivity contribution in [2.45, 2.75) is 12.1 Å². The van der Waals surface area contributed by atoms with E-state index in [4.69, 9.17) is 4.74 Å². The van der Waals surface area contributed by atoms with Gasteiger partial charge in [0.2, 0.25) is 0 Å². The van der Waals surface area contributed by atoms with Gasteiger partial charge in [0, 0.05) is 11.5 Å². The minimum atomic E-state index is -1.09. The number of hydrogen-bond donors (Lipinski definition) is 0. The SMILES string of the molecule is COc1ccc(C2[C@@H](C(=O)c3ccccc3)[C@H]2F)cc1. The third-order valence-electron chi connectivity index (χ3n) is 3.79. The maximum Gasteiger partial charge on any atom is 0.169 e. The van der Waals surface area contributed by atoms with Gasteiger partial charge in [-0.3, -0.25) is 4.79 Å². The first-order chi connectivity index (χ1) is 9.72. The highest BCUT2D eigenvalue weighted by atomic mass is 19.1. The zero-order valence-corrected chi connectivity index (χ0v) is 11.1. The first kappa shape index (κ1) is 12.9. The summed E-state index contributed by atoms with van der Waals surface area (Å²) in [6.45, 7) is 0. The van der Waals surface area contributed by atoms with E-state index >= 15 is 0 Å². The molecular weight excluding hydrogens is 255 g/mol. The lowest BCUT2D eigenvalue weighted by atomic mass is 10.0. The molecule has 0 heterocycles. The Morgan fingerprint density at radius 2 is 1.70 bits per heavy atom. The van der Waals surface area contributed by atoms with Gasteiger partial charge in [-0.1, -0.05) is 42.5 Å². The molecule has 3 atom stereocenters. The molecule has 0 saturated heterocycles. The van der Waals surface area contributed by atoms with Crippen molar-refractivity contribution in [3.63, 3.8) is 0 Å². The summed E-state index contributed by atoms with van der Waals surface area (Å²) in [5.41, 5.74) is 1.43. The number of ketones is 1. The Balaban J connectivity index is 1.78. The summed E-state index contributed by atoms with van der Waals surface area (Å²) < 4.78 is 19.1.